The lowest BCUT2D eigenvalue weighted by Gasteiger charge is -2.27. The molecule has 0 aromatic carbocycles. The first kappa shape index (κ1) is 14.7. The van der Waals surface area contributed by atoms with E-state index in [1.165, 1.54) is 0 Å². The van der Waals surface area contributed by atoms with Crippen LogP contribution in [0.25, 0.3) is 0 Å². The van der Waals surface area contributed by atoms with E-state index in [1.807, 2.05) is 6.92 Å². The monoisotopic (exact) mass is 280 g/mol. The number of aryl methyl sites for hydroxylation is 2. The summed E-state index contributed by atoms with van der Waals surface area (Å²) in [5.41, 5.74) is 1.53. The largest absolute Gasteiger partial charge is 0.480 e. The van der Waals surface area contributed by atoms with Crippen molar-refractivity contribution in [2.75, 3.05) is 12.4 Å². The zero-order valence-corrected chi connectivity index (χ0v) is 12.9. The van der Waals surface area contributed by atoms with Crippen LogP contribution in [-0.4, -0.2) is 29.0 Å². The number of carbonyl (C=O) groups excluding carboxylic acids is 1. The molecule has 6 nitrogen and oxygen atoms in total. The number of nitrogens with one attached hydrogen (secondary N) is 2. The van der Waals surface area contributed by atoms with E-state index < -0.39 is 0 Å². The Morgan fingerprint density at radius 3 is 2.75 bits per heavy atom. The van der Waals surface area contributed by atoms with Crippen molar-refractivity contribution < 1.29 is 9.53 Å². The van der Waals surface area contributed by atoms with E-state index in [0.29, 0.717) is 11.6 Å². The van der Waals surface area contributed by atoms with Crippen LogP contribution < -0.4 is 15.4 Å². The topological polar surface area (TPSA) is 68.2 Å². The number of hydrogen-bond acceptors (Lipinski definition) is 3. The maximum absolute atomic E-state index is 12.2. The molecule has 1 saturated carbocycles. The van der Waals surface area contributed by atoms with Gasteiger partial charge in [-0.25, -0.2) is 9.48 Å². The fourth-order valence-corrected chi connectivity index (χ4v) is 2.92. The molecule has 0 radical (unpaired) electrons. The van der Waals surface area contributed by atoms with E-state index in [2.05, 4.69) is 29.6 Å². The lowest BCUT2D eigenvalue weighted by Crippen LogP contribution is -2.43. The second-order valence-electron chi connectivity index (χ2n) is 6.13. The zero-order chi connectivity index (χ0) is 14.9. The summed E-state index contributed by atoms with van der Waals surface area (Å²) in [5, 5.41) is 10.2. The van der Waals surface area contributed by atoms with Crippen LogP contribution in [0.2, 0.25) is 0 Å². The Hall–Kier alpha value is -1.72. The summed E-state index contributed by atoms with van der Waals surface area (Å²) in [7, 11) is 3.36. The van der Waals surface area contributed by atoms with Crippen molar-refractivity contribution in [3.05, 3.63) is 5.69 Å². The Labute approximate surface area is 119 Å². The molecule has 112 valence electrons. The standard InChI is InChI=1S/C14H24N4O2/c1-9-11(12(20-5)18(4)17-9)16-13(19)15-10-7-6-8-14(10,2)3/h10H,6-8H2,1-5H3,(H2,15,16,19). The molecule has 0 spiro atoms. The highest BCUT2D eigenvalue weighted by molar-refractivity contribution is 5.91. The number of amides is 2. The third-order valence-electron chi connectivity index (χ3n) is 4.16. The molecule has 1 aromatic rings. The van der Waals surface area contributed by atoms with Gasteiger partial charge in [-0.2, -0.15) is 5.10 Å². The highest BCUT2D eigenvalue weighted by Gasteiger charge is 2.35. The number of ether oxygens (including phenoxy) is 1. The van der Waals surface area contributed by atoms with Crippen LogP contribution in [-0.2, 0) is 7.05 Å². The highest BCUT2D eigenvalue weighted by atomic mass is 16.5. The van der Waals surface area contributed by atoms with E-state index in [4.69, 9.17) is 4.74 Å². The minimum Gasteiger partial charge on any atom is -0.480 e. The number of aromatic nitrogens is 2. The lowest BCUT2D eigenvalue weighted by atomic mass is 9.87. The van der Waals surface area contributed by atoms with Crippen molar-refractivity contribution in [3.8, 4) is 5.88 Å². The Bertz CT molecular complexity index is 508. The molecule has 0 saturated heterocycles. The third kappa shape index (κ3) is 2.73. The summed E-state index contributed by atoms with van der Waals surface area (Å²) >= 11 is 0. The molecule has 1 aromatic heterocycles. The van der Waals surface area contributed by atoms with Crippen molar-refractivity contribution in [1.29, 1.82) is 0 Å². The van der Waals surface area contributed by atoms with Crippen molar-refractivity contribution in [2.24, 2.45) is 12.5 Å². The van der Waals surface area contributed by atoms with Crippen molar-refractivity contribution in [2.45, 2.75) is 46.1 Å². The number of methoxy groups -OCH3 is 1. The van der Waals surface area contributed by atoms with Gasteiger partial charge in [0.1, 0.15) is 5.69 Å². The Balaban J connectivity index is 2.05. The highest BCUT2D eigenvalue weighted by Crippen LogP contribution is 2.37. The average Bonchev–Trinajstić information content (AvgIpc) is 2.80. The Morgan fingerprint density at radius 1 is 1.50 bits per heavy atom. The van der Waals surface area contributed by atoms with Crippen LogP contribution in [0.15, 0.2) is 0 Å². The second-order valence-corrected chi connectivity index (χ2v) is 6.13. The van der Waals surface area contributed by atoms with Crippen LogP contribution >= 0.6 is 0 Å². The fraction of sp³-hybridized carbons (Fsp3) is 0.714. The molecule has 1 fully saturated rings. The number of anilines is 1. The molecule has 1 atom stereocenters. The molecule has 1 heterocycles. The van der Waals surface area contributed by atoms with Gasteiger partial charge >= 0.3 is 6.03 Å². The van der Waals surface area contributed by atoms with Gasteiger partial charge in [0, 0.05) is 13.1 Å². The minimum absolute atomic E-state index is 0.158. The van der Waals surface area contributed by atoms with Crippen LogP contribution in [0.1, 0.15) is 38.8 Å². The Kier molecular flexibility index (Phi) is 3.92. The van der Waals surface area contributed by atoms with E-state index >= 15 is 0 Å². The molecule has 1 unspecified atom stereocenters. The number of rotatable bonds is 3. The van der Waals surface area contributed by atoms with Crippen LogP contribution in [0, 0.1) is 12.3 Å². The van der Waals surface area contributed by atoms with Gasteiger partial charge in [-0.15, -0.1) is 0 Å². The lowest BCUT2D eigenvalue weighted by molar-refractivity contribution is 0.233. The van der Waals surface area contributed by atoms with Crippen molar-refractivity contribution >= 4 is 11.7 Å². The molecule has 2 N–H and O–H groups in total. The number of hydrogen-bond donors (Lipinski definition) is 2. The molecule has 1 aliphatic carbocycles. The average molecular weight is 280 g/mol. The first-order chi connectivity index (χ1) is 9.35. The number of nitrogens with zero attached hydrogens (tertiary/aromatic N) is 2. The van der Waals surface area contributed by atoms with E-state index in [0.717, 1.165) is 25.0 Å². The smallest absolute Gasteiger partial charge is 0.319 e. The maximum Gasteiger partial charge on any atom is 0.319 e. The van der Waals surface area contributed by atoms with Gasteiger partial charge in [0.05, 0.1) is 12.8 Å². The van der Waals surface area contributed by atoms with Crippen LogP contribution in [0.3, 0.4) is 0 Å². The minimum atomic E-state index is -0.195. The molecule has 1 aliphatic rings. The molecule has 2 amide bonds. The molecule has 6 heteroatoms. The van der Waals surface area contributed by atoms with Gasteiger partial charge in [0.25, 0.3) is 0 Å². The summed E-state index contributed by atoms with van der Waals surface area (Å²) in [5.74, 6) is 0.559. The van der Waals surface area contributed by atoms with E-state index in [9.17, 15) is 4.79 Å². The van der Waals surface area contributed by atoms with Crippen LogP contribution in [0.5, 0.6) is 5.88 Å². The summed E-state index contributed by atoms with van der Waals surface area (Å²) in [6, 6.07) is 0.0184. The summed E-state index contributed by atoms with van der Waals surface area (Å²) in [4.78, 5) is 12.2. The first-order valence-corrected chi connectivity index (χ1v) is 7.00. The quantitative estimate of drug-likeness (QED) is 0.893. The van der Waals surface area contributed by atoms with Gasteiger partial charge < -0.3 is 15.4 Å². The second kappa shape index (κ2) is 5.34. The maximum atomic E-state index is 12.2. The molecular formula is C14H24N4O2. The Morgan fingerprint density at radius 2 is 2.20 bits per heavy atom. The van der Waals surface area contributed by atoms with E-state index in [1.54, 1.807) is 18.8 Å². The molecule has 2 rings (SSSR count). The van der Waals surface area contributed by atoms with E-state index in [-0.39, 0.29) is 17.5 Å². The number of carbonyl (C=O) groups is 1. The summed E-state index contributed by atoms with van der Waals surface area (Å²) < 4.78 is 6.88. The molecule has 0 bridgehead atoms. The van der Waals surface area contributed by atoms with Gasteiger partial charge in [-0.3, -0.25) is 0 Å². The zero-order valence-electron chi connectivity index (χ0n) is 12.9. The molecule has 20 heavy (non-hydrogen) atoms. The van der Waals surface area contributed by atoms with Gasteiger partial charge in [-0.1, -0.05) is 20.3 Å². The predicted octanol–water partition coefficient (Wildman–Crippen LogP) is 2.44. The summed E-state index contributed by atoms with van der Waals surface area (Å²) in [6.45, 7) is 6.24. The van der Waals surface area contributed by atoms with Crippen molar-refractivity contribution in [1.82, 2.24) is 15.1 Å². The van der Waals surface area contributed by atoms with Crippen LogP contribution in [0.4, 0.5) is 10.5 Å². The third-order valence-corrected chi connectivity index (χ3v) is 4.16. The molecular weight excluding hydrogens is 256 g/mol. The van der Waals surface area contributed by atoms with Crippen molar-refractivity contribution in [3.63, 3.8) is 0 Å². The van der Waals surface area contributed by atoms with Gasteiger partial charge in [0.15, 0.2) is 0 Å². The fourth-order valence-electron chi connectivity index (χ4n) is 2.92. The normalized spacial score (nSPS) is 20.8. The van der Waals surface area contributed by atoms with Gasteiger partial charge in [0.2, 0.25) is 5.88 Å². The number of urea groups is 1. The first-order valence-electron chi connectivity index (χ1n) is 7.00. The SMILES string of the molecule is COc1c(NC(=O)NC2CCCC2(C)C)c(C)nn1C. The van der Waals surface area contributed by atoms with Gasteiger partial charge in [-0.05, 0) is 25.2 Å². The summed E-state index contributed by atoms with van der Waals surface area (Å²) in [6.07, 6.45) is 3.34. The predicted molar refractivity (Wildman–Crippen MR) is 78.1 cm³/mol. The molecule has 0 aliphatic heterocycles.